The van der Waals surface area contributed by atoms with E-state index in [0.29, 0.717) is 29.6 Å². The molecule has 0 amide bonds. The van der Waals surface area contributed by atoms with Crippen LogP contribution in [0.15, 0.2) is 23.3 Å². The largest absolute Gasteiger partial charge is 0.459 e. The molecule has 0 radical (unpaired) electrons. The maximum absolute atomic E-state index is 12.7. The van der Waals surface area contributed by atoms with Gasteiger partial charge in [0.25, 0.3) is 0 Å². The Kier molecular flexibility index (Phi) is 5.14. The highest BCUT2D eigenvalue weighted by molar-refractivity contribution is 5.97. The van der Waals surface area contributed by atoms with E-state index in [2.05, 4.69) is 6.58 Å². The number of hydrogen-bond donors (Lipinski definition) is 3. The topological polar surface area (TPSA) is 104 Å². The SMILES string of the molecule is C=C1[C@@H](O)CC[C@@]2(C)[C@@H](OC(C)=O)[C@H](O)C3=C(C)C(=O)CC([C@@H](O)[C@H]12)C3(C)C. The average Bonchev–Trinajstić information content (AvgIpc) is 2.58. The Morgan fingerprint density at radius 2 is 1.82 bits per heavy atom. The van der Waals surface area contributed by atoms with Crippen LogP contribution in [0.5, 0.6) is 0 Å². The molecule has 156 valence electrons. The molecule has 2 saturated carbocycles. The zero-order valence-electron chi connectivity index (χ0n) is 17.4. The third-order valence-corrected chi connectivity index (χ3v) is 7.62. The monoisotopic (exact) mass is 392 g/mol. The molecule has 0 aromatic rings. The van der Waals surface area contributed by atoms with Crippen LogP contribution < -0.4 is 0 Å². The number of carbonyl (C=O) groups is 2. The summed E-state index contributed by atoms with van der Waals surface area (Å²) >= 11 is 0. The maximum atomic E-state index is 12.7. The molecule has 0 saturated heterocycles. The molecule has 3 aliphatic carbocycles. The first kappa shape index (κ1) is 21.2. The van der Waals surface area contributed by atoms with Crippen molar-refractivity contribution < 1.29 is 29.6 Å². The van der Waals surface area contributed by atoms with Crippen molar-refractivity contribution in [2.45, 2.75) is 78.3 Å². The Morgan fingerprint density at radius 3 is 2.39 bits per heavy atom. The van der Waals surface area contributed by atoms with E-state index in [4.69, 9.17) is 4.74 Å². The summed E-state index contributed by atoms with van der Waals surface area (Å²) in [4.78, 5) is 24.6. The standard InChI is InChI=1S/C22H32O6/c1-10-14(24)7-8-22(6)17(10)18(26)13-9-15(25)11(2)16(21(13,4)5)19(27)20(22)28-12(3)23/h13-14,17-20,24,26-27H,1,7-9H2,2-6H3/t13?,14-,17-,18+,19+,20-,22+/m0/s1. The predicted molar refractivity (Wildman–Crippen MR) is 103 cm³/mol. The van der Waals surface area contributed by atoms with Crippen LogP contribution in [0.2, 0.25) is 0 Å². The van der Waals surface area contributed by atoms with Gasteiger partial charge in [-0.25, -0.2) is 0 Å². The lowest BCUT2D eigenvalue weighted by atomic mass is 9.49. The van der Waals surface area contributed by atoms with Gasteiger partial charge in [-0.05, 0) is 41.9 Å². The van der Waals surface area contributed by atoms with Gasteiger partial charge in [0.2, 0.25) is 0 Å². The molecular weight excluding hydrogens is 360 g/mol. The molecule has 1 unspecified atom stereocenters. The molecule has 3 N–H and O–H groups in total. The van der Waals surface area contributed by atoms with Gasteiger partial charge in [0.15, 0.2) is 5.78 Å². The maximum Gasteiger partial charge on any atom is 0.303 e. The molecule has 3 rings (SSSR count). The highest BCUT2D eigenvalue weighted by Crippen LogP contribution is 2.58. The van der Waals surface area contributed by atoms with E-state index in [9.17, 15) is 24.9 Å². The van der Waals surface area contributed by atoms with E-state index in [1.165, 1.54) is 6.92 Å². The van der Waals surface area contributed by atoms with Crippen LogP contribution in [0.3, 0.4) is 0 Å². The van der Waals surface area contributed by atoms with E-state index in [1.807, 2.05) is 20.8 Å². The number of rotatable bonds is 1. The van der Waals surface area contributed by atoms with Crippen molar-refractivity contribution in [1.29, 1.82) is 0 Å². The number of ketones is 1. The van der Waals surface area contributed by atoms with E-state index in [0.717, 1.165) is 0 Å². The molecule has 6 heteroatoms. The molecule has 7 atom stereocenters. The summed E-state index contributed by atoms with van der Waals surface area (Å²) in [6.45, 7) is 12.7. The van der Waals surface area contributed by atoms with Crippen molar-refractivity contribution in [1.82, 2.24) is 0 Å². The van der Waals surface area contributed by atoms with Gasteiger partial charge in [-0.1, -0.05) is 27.4 Å². The second-order valence-corrected chi connectivity index (χ2v) is 9.57. The van der Waals surface area contributed by atoms with Crippen molar-refractivity contribution in [2.24, 2.45) is 22.7 Å². The smallest absolute Gasteiger partial charge is 0.303 e. The average molecular weight is 392 g/mol. The van der Waals surface area contributed by atoms with Gasteiger partial charge in [-0.15, -0.1) is 0 Å². The van der Waals surface area contributed by atoms with Crippen molar-refractivity contribution in [3.05, 3.63) is 23.3 Å². The van der Waals surface area contributed by atoms with Crippen molar-refractivity contribution in [2.75, 3.05) is 0 Å². The Hall–Kier alpha value is -1.50. The molecule has 3 aliphatic rings. The first-order valence-electron chi connectivity index (χ1n) is 9.98. The second-order valence-electron chi connectivity index (χ2n) is 9.57. The van der Waals surface area contributed by atoms with Gasteiger partial charge in [-0.2, -0.15) is 0 Å². The number of allylic oxidation sites excluding steroid dienone is 1. The summed E-state index contributed by atoms with van der Waals surface area (Å²) in [5.41, 5.74) is -0.00497. The number of hydrogen-bond acceptors (Lipinski definition) is 6. The van der Waals surface area contributed by atoms with Gasteiger partial charge < -0.3 is 20.1 Å². The number of fused-ring (bicyclic) bond motifs is 3. The summed E-state index contributed by atoms with van der Waals surface area (Å²) in [6.07, 6.45) is -2.82. The van der Waals surface area contributed by atoms with Crippen molar-refractivity contribution in [3.63, 3.8) is 0 Å². The molecule has 6 nitrogen and oxygen atoms in total. The fourth-order valence-corrected chi connectivity index (χ4v) is 6.06. The zero-order valence-corrected chi connectivity index (χ0v) is 17.4. The number of esters is 1. The van der Waals surface area contributed by atoms with Crippen LogP contribution in [0.25, 0.3) is 0 Å². The fourth-order valence-electron chi connectivity index (χ4n) is 6.06. The lowest BCUT2D eigenvalue weighted by Gasteiger charge is -2.58. The number of aliphatic hydroxyl groups is 3. The lowest BCUT2D eigenvalue weighted by molar-refractivity contribution is -0.185. The third kappa shape index (κ3) is 2.88. The van der Waals surface area contributed by atoms with E-state index < -0.39 is 53.1 Å². The van der Waals surface area contributed by atoms with Crippen molar-refractivity contribution in [3.8, 4) is 0 Å². The van der Waals surface area contributed by atoms with E-state index in [-0.39, 0.29) is 12.2 Å². The summed E-state index contributed by atoms with van der Waals surface area (Å²) in [5, 5.41) is 33.4. The minimum absolute atomic E-state index is 0.121. The minimum Gasteiger partial charge on any atom is -0.459 e. The van der Waals surface area contributed by atoms with Crippen LogP contribution in [-0.2, 0) is 14.3 Å². The van der Waals surface area contributed by atoms with E-state index in [1.54, 1.807) is 6.92 Å². The molecular formula is C22H32O6. The summed E-state index contributed by atoms with van der Waals surface area (Å²) < 4.78 is 5.64. The Morgan fingerprint density at radius 1 is 1.21 bits per heavy atom. The van der Waals surface area contributed by atoms with Crippen LogP contribution in [-0.4, -0.2) is 51.5 Å². The highest BCUT2D eigenvalue weighted by Gasteiger charge is 2.61. The molecule has 0 spiro atoms. The van der Waals surface area contributed by atoms with E-state index >= 15 is 0 Å². The normalized spacial score (nSPS) is 43.1. The number of aliphatic hydroxyl groups excluding tert-OH is 3. The molecule has 28 heavy (non-hydrogen) atoms. The number of ether oxygens (including phenoxy) is 1. The van der Waals surface area contributed by atoms with Gasteiger partial charge in [0.1, 0.15) is 12.2 Å². The van der Waals surface area contributed by atoms with Gasteiger partial charge in [0, 0.05) is 30.6 Å². The number of Topliss-reactive ketones (excluding diaryl/α,β-unsaturated/α-hetero) is 1. The minimum atomic E-state index is -1.17. The first-order chi connectivity index (χ1) is 12.8. The Balaban J connectivity index is 2.28. The fraction of sp³-hybridized carbons (Fsp3) is 0.727. The second kappa shape index (κ2) is 6.78. The molecule has 0 aromatic heterocycles. The first-order valence-corrected chi connectivity index (χ1v) is 9.98. The van der Waals surface area contributed by atoms with Crippen LogP contribution in [0, 0.1) is 22.7 Å². The Bertz CT molecular complexity index is 750. The van der Waals surface area contributed by atoms with Gasteiger partial charge in [-0.3, -0.25) is 9.59 Å². The molecule has 0 heterocycles. The summed E-state index contributed by atoms with van der Waals surface area (Å²) in [5.74, 6) is -1.69. The van der Waals surface area contributed by atoms with Gasteiger partial charge >= 0.3 is 5.97 Å². The predicted octanol–water partition coefficient (Wildman–Crippen LogP) is 1.92. The lowest BCUT2D eigenvalue weighted by Crippen LogP contribution is -2.62. The van der Waals surface area contributed by atoms with Crippen LogP contribution in [0.4, 0.5) is 0 Å². The highest BCUT2D eigenvalue weighted by atomic mass is 16.6. The molecule has 0 aromatic carbocycles. The summed E-state index contributed by atoms with van der Waals surface area (Å²) in [7, 11) is 0. The molecule has 2 bridgehead atoms. The molecule has 0 aliphatic heterocycles. The number of carbonyl (C=O) groups excluding carboxylic acids is 2. The molecule has 2 fully saturated rings. The van der Waals surface area contributed by atoms with Crippen LogP contribution >= 0.6 is 0 Å². The van der Waals surface area contributed by atoms with Crippen molar-refractivity contribution >= 4 is 11.8 Å². The third-order valence-electron chi connectivity index (χ3n) is 7.62. The quantitative estimate of drug-likeness (QED) is 0.465. The Labute approximate surface area is 166 Å². The zero-order chi connectivity index (χ0) is 21.2. The van der Waals surface area contributed by atoms with Crippen LogP contribution in [0.1, 0.15) is 53.9 Å². The van der Waals surface area contributed by atoms with Gasteiger partial charge in [0.05, 0.1) is 12.2 Å². The summed E-state index contributed by atoms with van der Waals surface area (Å²) in [6, 6.07) is 0.